The molecule has 0 aliphatic rings. The lowest BCUT2D eigenvalue weighted by molar-refractivity contribution is -0.116. The molecule has 3 aromatic rings. The van der Waals surface area contributed by atoms with Crippen molar-refractivity contribution in [1.29, 1.82) is 0 Å². The van der Waals surface area contributed by atoms with E-state index in [9.17, 15) is 9.59 Å². The third-order valence-corrected chi connectivity index (χ3v) is 4.66. The van der Waals surface area contributed by atoms with Gasteiger partial charge in [-0.1, -0.05) is 23.5 Å². The molecule has 0 saturated carbocycles. The van der Waals surface area contributed by atoms with E-state index in [-0.39, 0.29) is 11.8 Å². The highest BCUT2D eigenvalue weighted by Crippen LogP contribution is 2.27. The lowest BCUT2D eigenvalue weighted by atomic mass is 10.1. The van der Waals surface area contributed by atoms with Crippen LogP contribution in [0.4, 0.5) is 10.8 Å². The van der Waals surface area contributed by atoms with E-state index in [0.717, 1.165) is 15.8 Å². The number of fused-ring (bicyclic) bond motifs is 1. The second-order valence-electron chi connectivity index (χ2n) is 5.78. The van der Waals surface area contributed by atoms with Crippen molar-refractivity contribution < 1.29 is 14.3 Å². The number of ether oxygens (including phenoxy) is 1. The average molecular weight is 369 g/mol. The number of hydrogen-bond acceptors (Lipinski definition) is 5. The number of thiazole rings is 1. The lowest BCUT2D eigenvalue weighted by Crippen LogP contribution is -2.12. The minimum atomic E-state index is -0.140. The number of anilines is 2. The van der Waals surface area contributed by atoms with Gasteiger partial charge in [-0.15, -0.1) is 0 Å². The van der Waals surface area contributed by atoms with Gasteiger partial charge in [0.25, 0.3) is 0 Å². The number of amides is 2. The minimum absolute atomic E-state index is 0.0541. The molecule has 0 aliphatic heterocycles. The van der Waals surface area contributed by atoms with Gasteiger partial charge in [0.15, 0.2) is 5.13 Å². The van der Waals surface area contributed by atoms with E-state index in [1.807, 2.05) is 36.4 Å². The monoisotopic (exact) mass is 369 g/mol. The number of carbonyl (C=O) groups excluding carboxylic acids is 2. The van der Waals surface area contributed by atoms with E-state index < -0.39 is 0 Å². The van der Waals surface area contributed by atoms with Gasteiger partial charge in [-0.3, -0.25) is 9.59 Å². The Morgan fingerprint density at radius 1 is 1.15 bits per heavy atom. The summed E-state index contributed by atoms with van der Waals surface area (Å²) in [5.74, 6) is 0.508. The Kier molecular flexibility index (Phi) is 5.48. The second-order valence-corrected chi connectivity index (χ2v) is 6.81. The number of nitrogens with zero attached hydrogens (tertiary/aromatic N) is 1. The molecule has 1 heterocycles. The van der Waals surface area contributed by atoms with Crippen molar-refractivity contribution in [3.63, 3.8) is 0 Å². The fraction of sp³-hybridized carbons (Fsp3) is 0.211. The highest BCUT2D eigenvalue weighted by atomic mass is 32.1. The summed E-state index contributed by atoms with van der Waals surface area (Å²) in [4.78, 5) is 27.7. The normalized spacial score (nSPS) is 10.5. The summed E-state index contributed by atoms with van der Waals surface area (Å²) in [5, 5.41) is 6.15. The molecule has 0 spiro atoms. The van der Waals surface area contributed by atoms with Gasteiger partial charge in [-0.2, -0.15) is 0 Å². The largest absolute Gasteiger partial charge is 0.497 e. The van der Waals surface area contributed by atoms with Crippen molar-refractivity contribution >= 4 is 44.2 Å². The molecule has 0 saturated heterocycles. The number of nitrogens with one attached hydrogen (secondary N) is 2. The van der Waals surface area contributed by atoms with E-state index in [1.54, 1.807) is 13.2 Å². The molecule has 2 aromatic carbocycles. The Bertz CT molecular complexity index is 952. The molecule has 0 fully saturated rings. The summed E-state index contributed by atoms with van der Waals surface area (Å²) in [5.41, 5.74) is 2.60. The number of aromatic nitrogens is 1. The van der Waals surface area contributed by atoms with Crippen molar-refractivity contribution in [2.24, 2.45) is 0 Å². The molecule has 0 radical (unpaired) electrons. The molecule has 2 amide bonds. The van der Waals surface area contributed by atoms with Crippen LogP contribution >= 0.6 is 11.3 Å². The van der Waals surface area contributed by atoms with Crippen LogP contribution in [0.5, 0.6) is 5.75 Å². The maximum atomic E-state index is 12.2. The molecule has 0 atom stereocenters. The quantitative estimate of drug-likeness (QED) is 0.692. The van der Waals surface area contributed by atoms with Gasteiger partial charge < -0.3 is 15.4 Å². The molecule has 26 heavy (non-hydrogen) atoms. The smallest absolute Gasteiger partial charge is 0.224 e. The number of rotatable bonds is 6. The van der Waals surface area contributed by atoms with Crippen LogP contribution in [0.3, 0.4) is 0 Å². The van der Waals surface area contributed by atoms with E-state index in [1.165, 1.54) is 18.3 Å². The Labute approximate surface area is 155 Å². The van der Waals surface area contributed by atoms with Crippen LogP contribution in [-0.4, -0.2) is 23.9 Å². The number of hydrogen-bond donors (Lipinski definition) is 2. The molecular weight excluding hydrogens is 350 g/mol. The zero-order chi connectivity index (χ0) is 18.5. The van der Waals surface area contributed by atoms with E-state index in [4.69, 9.17) is 4.74 Å². The third kappa shape index (κ3) is 4.58. The van der Waals surface area contributed by atoms with Crippen LogP contribution in [0.25, 0.3) is 10.2 Å². The Morgan fingerprint density at radius 2 is 2.00 bits per heavy atom. The minimum Gasteiger partial charge on any atom is -0.497 e. The maximum Gasteiger partial charge on any atom is 0.224 e. The van der Waals surface area contributed by atoms with Crippen molar-refractivity contribution in [2.45, 2.75) is 19.8 Å². The van der Waals surface area contributed by atoms with Crippen LogP contribution in [0.2, 0.25) is 0 Å². The molecule has 1 aromatic heterocycles. The molecule has 0 aliphatic carbocycles. The first kappa shape index (κ1) is 17.9. The summed E-state index contributed by atoms with van der Waals surface area (Å²) >= 11 is 1.42. The Hall–Kier alpha value is -2.93. The van der Waals surface area contributed by atoms with E-state index in [2.05, 4.69) is 15.6 Å². The summed E-state index contributed by atoms with van der Waals surface area (Å²) in [7, 11) is 1.59. The molecule has 134 valence electrons. The fourth-order valence-corrected chi connectivity index (χ4v) is 3.49. The standard InChI is InChI=1S/C19H19N3O3S/c1-12(23)20-19-22-16-8-6-13(10-17(16)26-19)7-9-18(24)21-14-4-3-5-15(11-14)25-2/h3-6,8,10-11H,7,9H2,1-2H3,(H,21,24)(H,20,22,23). The third-order valence-electron chi connectivity index (χ3n) is 3.73. The van der Waals surface area contributed by atoms with E-state index >= 15 is 0 Å². The Morgan fingerprint density at radius 3 is 2.77 bits per heavy atom. The van der Waals surface area contributed by atoms with Crippen LogP contribution in [0.1, 0.15) is 18.9 Å². The number of methoxy groups -OCH3 is 1. The van der Waals surface area contributed by atoms with Gasteiger partial charge in [0.1, 0.15) is 5.75 Å². The Balaban J connectivity index is 1.61. The van der Waals surface area contributed by atoms with Gasteiger partial charge >= 0.3 is 0 Å². The summed E-state index contributed by atoms with van der Waals surface area (Å²) in [6.07, 6.45) is 0.999. The summed E-state index contributed by atoms with van der Waals surface area (Å²) in [6, 6.07) is 13.1. The first-order valence-electron chi connectivity index (χ1n) is 8.14. The first-order valence-corrected chi connectivity index (χ1v) is 8.96. The van der Waals surface area contributed by atoms with Crippen LogP contribution in [-0.2, 0) is 16.0 Å². The molecule has 7 heteroatoms. The van der Waals surface area contributed by atoms with Gasteiger partial charge in [-0.05, 0) is 36.2 Å². The predicted octanol–water partition coefficient (Wildman–Crippen LogP) is 3.83. The predicted molar refractivity (Wildman–Crippen MR) is 104 cm³/mol. The maximum absolute atomic E-state index is 12.2. The van der Waals surface area contributed by atoms with Gasteiger partial charge in [0, 0.05) is 25.1 Å². The number of benzene rings is 2. The number of aryl methyl sites for hydroxylation is 1. The SMILES string of the molecule is COc1cccc(NC(=O)CCc2ccc3nc(NC(C)=O)sc3c2)c1. The first-order chi connectivity index (χ1) is 12.5. The van der Waals surface area contributed by atoms with Crippen molar-refractivity contribution in [3.8, 4) is 5.75 Å². The van der Waals surface area contributed by atoms with Gasteiger partial charge in [0.2, 0.25) is 11.8 Å². The van der Waals surface area contributed by atoms with E-state index in [0.29, 0.717) is 29.4 Å². The van der Waals surface area contributed by atoms with Crippen LogP contribution < -0.4 is 15.4 Å². The zero-order valence-electron chi connectivity index (χ0n) is 14.5. The molecule has 0 bridgehead atoms. The van der Waals surface area contributed by atoms with Crippen LogP contribution in [0, 0.1) is 0 Å². The topological polar surface area (TPSA) is 80.3 Å². The summed E-state index contributed by atoms with van der Waals surface area (Å²) in [6.45, 7) is 1.46. The molecule has 3 rings (SSSR count). The highest BCUT2D eigenvalue weighted by Gasteiger charge is 2.08. The molecule has 0 unspecified atom stereocenters. The molecule has 2 N–H and O–H groups in total. The summed E-state index contributed by atoms with van der Waals surface area (Å²) < 4.78 is 6.14. The van der Waals surface area contributed by atoms with Crippen molar-refractivity contribution in [2.75, 3.05) is 17.7 Å². The molecular formula is C19H19N3O3S. The highest BCUT2D eigenvalue weighted by molar-refractivity contribution is 7.22. The lowest BCUT2D eigenvalue weighted by Gasteiger charge is -2.07. The van der Waals surface area contributed by atoms with Crippen molar-refractivity contribution in [3.05, 3.63) is 48.0 Å². The van der Waals surface area contributed by atoms with Gasteiger partial charge in [0.05, 0.1) is 17.3 Å². The average Bonchev–Trinajstić information content (AvgIpc) is 3.00. The fourth-order valence-electron chi connectivity index (χ4n) is 2.51. The van der Waals surface area contributed by atoms with Crippen LogP contribution in [0.15, 0.2) is 42.5 Å². The second kappa shape index (κ2) is 7.97. The van der Waals surface area contributed by atoms with Crippen molar-refractivity contribution in [1.82, 2.24) is 4.98 Å². The zero-order valence-corrected chi connectivity index (χ0v) is 15.4. The number of carbonyl (C=O) groups is 2. The van der Waals surface area contributed by atoms with Gasteiger partial charge in [-0.25, -0.2) is 4.98 Å². The molecule has 6 nitrogen and oxygen atoms in total.